The van der Waals surface area contributed by atoms with Gasteiger partial charge < -0.3 is 9.84 Å². The molecule has 92 valence electrons. The predicted octanol–water partition coefficient (Wildman–Crippen LogP) is 2.53. The summed E-state index contributed by atoms with van der Waals surface area (Å²) >= 11 is 0. The predicted molar refractivity (Wildman–Crippen MR) is 61.1 cm³/mol. The minimum absolute atomic E-state index is 0.211. The van der Waals surface area contributed by atoms with Crippen LogP contribution in [0.3, 0.4) is 0 Å². The third-order valence-electron chi connectivity index (χ3n) is 2.17. The molecule has 0 aliphatic heterocycles. The molecule has 4 heteroatoms. The average molecular weight is 228 g/mol. The van der Waals surface area contributed by atoms with Crippen LogP contribution in [0.5, 0.6) is 0 Å². The summed E-state index contributed by atoms with van der Waals surface area (Å²) in [5.74, 6) is -1.62. The number of carboxylic acids is 1. The molecular formula is C12H20O4. The van der Waals surface area contributed by atoms with Gasteiger partial charge >= 0.3 is 11.9 Å². The van der Waals surface area contributed by atoms with Gasteiger partial charge in [-0.3, -0.25) is 0 Å². The molecule has 0 aromatic heterocycles. The van der Waals surface area contributed by atoms with E-state index in [1.54, 1.807) is 6.92 Å². The van der Waals surface area contributed by atoms with Crippen molar-refractivity contribution in [3.8, 4) is 0 Å². The Morgan fingerprint density at radius 2 is 1.88 bits per heavy atom. The second kappa shape index (κ2) is 8.95. The summed E-state index contributed by atoms with van der Waals surface area (Å²) in [4.78, 5) is 21.8. The molecule has 0 unspecified atom stereocenters. The molecule has 0 heterocycles. The molecule has 4 nitrogen and oxygen atoms in total. The third-order valence-corrected chi connectivity index (χ3v) is 2.17. The number of hydrogen-bond donors (Lipinski definition) is 1. The lowest BCUT2D eigenvalue weighted by atomic mass is 10.2. The highest BCUT2D eigenvalue weighted by Crippen LogP contribution is 2.05. The van der Waals surface area contributed by atoms with E-state index < -0.39 is 11.9 Å². The van der Waals surface area contributed by atoms with Crippen molar-refractivity contribution in [3.63, 3.8) is 0 Å². The van der Waals surface area contributed by atoms with Crippen molar-refractivity contribution in [3.05, 3.63) is 11.6 Å². The zero-order valence-corrected chi connectivity index (χ0v) is 9.99. The van der Waals surface area contributed by atoms with Gasteiger partial charge in [0.25, 0.3) is 0 Å². The highest BCUT2D eigenvalue weighted by Gasteiger charge is 2.10. The summed E-state index contributed by atoms with van der Waals surface area (Å²) in [6, 6.07) is 0. The Balaban J connectivity index is 3.90. The van der Waals surface area contributed by atoms with Crippen molar-refractivity contribution in [1.29, 1.82) is 0 Å². The highest BCUT2D eigenvalue weighted by molar-refractivity contribution is 5.95. The zero-order chi connectivity index (χ0) is 12.4. The van der Waals surface area contributed by atoms with Gasteiger partial charge in [0.2, 0.25) is 0 Å². The van der Waals surface area contributed by atoms with Gasteiger partial charge in [-0.25, -0.2) is 9.59 Å². The Hall–Kier alpha value is -1.32. The minimum Gasteiger partial charge on any atom is -0.478 e. The molecule has 0 saturated carbocycles. The fourth-order valence-corrected chi connectivity index (χ4v) is 1.24. The van der Waals surface area contributed by atoms with Crippen LogP contribution in [0.25, 0.3) is 0 Å². The van der Waals surface area contributed by atoms with Gasteiger partial charge in [0.05, 0.1) is 6.61 Å². The molecule has 0 saturated heterocycles. The number of unbranched alkanes of at least 4 members (excludes halogenated alkanes) is 3. The van der Waals surface area contributed by atoms with Crippen LogP contribution in [0, 0.1) is 0 Å². The average Bonchev–Trinajstić information content (AvgIpc) is 2.25. The van der Waals surface area contributed by atoms with Crippen molar-refractivity contribution in [1.82, 2.24) is 0 Å². The van der Waals surface area contributed by atoms with Gasteiger partial charge in [-0.15, -0.1) is 0 Å². The Morgan fingerprint density at radius 1 is 1.19 bits per heavy atom. The molecule has 0 rings (SSSR count). The molecule has 0 spiro atoms. The molecule has 0 aliphatic carbocycles. The maximum atomic E-state index is 11.4. The first kappa shape index (κ1) is 14.7. The molecule has 16 heavy (non-hydrogen) atoms. The van der Waals surface area contributed by atoms with Gasteiger partial charge in [0, 0.05) is 11.6 Å². The fraction of sp³-hybridized carbons (Fsp3) is 0.667. The summed E-state index contributed by atoms with van der Waals surface area (Å²) in [5.41, 5.74) is 0.211. The van der Waals surface area contributed by atoms with E-state index in [2.05, 4.69) is 6.92 Å². The van der Waals surface area contributed by atoms with Gasteiger partial charge in [-0.05, 0) is 12.8 Å². The maximum absolute atomic E-state index is 11.4. The fourth-order valence-electron chi connectivity index (χ4n) is 1.24. The van der Waals surface area contributed by atoms with E-state index >= 15 is 0 Å². The van der Waals surface area contributed by atoms with Crippen LogP contribution >= 0.6 is 0 Å². The van der Waals surface area contributed by atoms with Crippen molar-refractivity contribution < 1.29 is 19.4 Å². The molecule has 0 amide bonds. The van der Waals surface area contributed by atoms with E-state index in [1.165, 1.54) is 0 Å². The summed E-state index contributed by atoms with van der Waals surface area (Å²) in [7, 11) is 0. The van der Waals surface area contributed by atoms with E-state index in [0.29, 0.717) is 13.0 Å². The minimum atomic E-state index is -1.11. The Kier molecular flexibility index (Phi) is 8.21. The Morgan fingerprint density at radius 3 is 2.38 bits per heavy atom. The van der Waals surface area contributed by atoms with Crippen LogP contribution in [0.1, 0.15) is 46.0 Å². The molecule has 0 aliphatic rings. The number of hydrogen-bond acceptors (Lipinski definition) is 3. The van der Waals surface area contributed by atoms with Gasteiger partial charge in [-0.2, -0.15) is 0 Å². The molecule has 0 aromatic rings. The van der Waals surface area contributed by atoms with Crippen LogP contribution in [-0.2, 0) is 14.3 Å². The lowest BCUT2D eigenvalue weighted by molar-refractivity contribution is -0.140. The van der Waals surface area contributed by atoms with E-state index in [4.69, 9.17) is 9.84 Å². The van der Waals surface area contributed by atoms with Gasteiger partial charge in [0.15, 0.2) is 0 Å². The summed E-state index contributed by atoms with van der Waals surface area (Å²) < 4.78 is 4.97. The molecule has 0 fully saturated rings. The second-order valence-corrected chi connectivity index (χ2v) is 3.56. The number of carbonyl (C=O) groups is 2. The topological polar surface area (TPSA) is 63.6 Å². The Bertz CT molecular complexity index is 256. The molecule has 0 bridgehead atoms. The van der Waals surface area contributed by atoms with Crippen molar-refractivity contribution in [2.75, 3.05) is 6.61 Å². The van der Waals surface area contributed by atoms with Crippen LogP contribution in [0.4, 0.5) is 0 Å². The number of carboxylic acid groups (broad SMARTS) is 1. The monoisotopic (exact) mass is 228 g/mol. The summed E-state index contributed by atoms with van der Waals surface area (Å²) in [6.07, 6.45) is 5.42. The van der Waals surface area contributed by atoms with E-state index in [1.807, 2.05) is 0 Å². The quantitative estimate of drug-likeness (QED) is 0.394. The maximum Gasteiger partial charge on any atom is 0.334 e. The first-order valence-electron chi connectivity index (χ1n) is 5.72. The first-order valence-corrected chi connectivity index (χ1v) is 5.72. The lowest BCUT2D eigenvalue weighted by Gasteiger charge is -2.05. The molecule has 1 N–H and O–H groups in total. The number of esters is 1. The van der Waals surface area contributed by atoms with Crippen molar-refractivity contribution >= 4 is 11.9 Å². The summed E-state index contributed by atoms with van der Waals surface area (Å²) in [5, 5.41) is 8.52. The lowest BCUT2D eigenvalue weighted by Crippen LogP contribution is -2.10. The van der Waals surface area contributed by atoms with Crippen LogP contribution in [0.15, 0.2) is 11.6 Å². The van der Waals surface area contributed by atoms with Gasteiger partial charge in [-0.1, -0.05) is 33.1 Å². The second-order valence-electron chi connectivity index (χ2n) is 3.56. The van der Waals surface area contributed by atoms with Gasteiger partial charge in [0.1, 0.15) is 0 Å². The van der Waals surface area contributed by atoms with E-state index in [9.17, 15) is 9.59 Å². The van der Waals surface area contributed by atoms with Crippen molar-refractivity contribution in [2.24, 2.45) is 0 Å². The third kappa shape index (κ3) is 7.04. The smallest absolute Gasteiger partial charge is 0.334 e. The highest BCUT2D eigenvalue weighted by atomic mass is 16.5. The van der Waals surface area contributed by atoms with Crippen molar-refractivity contribution in [2.45, 2.75) is 46.0 Å². The van der Waals surface area contributed by atoms with Crippen LogP contribution < -0.4 is 0 Å². The Labute approximate surface area is 96.3 Å². The van der Waals surface area contributed by atoms with E-state index in [-0.39, 0.29) is 5.57 Å². The number of carbonyl (C=O) groups excluding carboxylic acids is 1. The normalized spacial score (nSPS) is 11.2. The van der Waals surface area contributed by atoms with Crippen LogP contribution in [0.2, 0.25) is 0 Å². The molecule has 0 radical (unpaired) electrons. The largest absolute Gasteiger partial charge is 0.478 e. The number of aliphatic carboxylic acids is 1. The molecule has 0 aromatic carbocycles. The first-order chi connectivity index (χ1) is 7.61. The zero-order valence-electron chi connectivity index (χ0n) is 9.99. The SMILES string of the molecule is CCCCCCOC(=O)/C(=C/C(=O)O)CC. The number of ether oxygens (including phenoxy) is 1. The van der Waals surface area contributed by atoms with E-state index in [0.717, 1.165) is 31.8 Å². The molecule has 0 atom stereocenters. The summed E-state index contributed by atoms with van der Waals surface area (Å²) in [6.45, 7) is 4.21. The molecular weight excluding hydrogens is 208 g/mol. The van der Waals surface area contributed by atoms with Crippen LogP contribution in [-0.4, -0.2) is 23.7 Å². The number of rotatable bonds is 8. The standard InChI is InChI=1S/C12H20O4/c1-3-5-6-7-8-16-12(15)10(4-2)9-11(13)14/h9H,3-8H2,1-2H3,(H,13,14)/b10-9+.